The van der Waals surface area contributed by atoms with Gasteiger partial charge in [-0.15, -0.1) is 0 Å². The number of anilines is 2. The largest absolute Gasteiger partial charge is 0.377 e. The molecule has 0 bridgehead atoms. The average Bonchev–Trinajstić information content (AvgIpc) is 2.70. The monoisotopic (exact) mass is 373 g/mol. The summed E-state index contributed by atoms with van der Waals surface area (Å²) in [7, 11) is -0.196. The maximum atomic E-state index is 12.6. The molecule has 114 valence electrons. The van der Waals surface area contributed by atoms with E-state index in [0.717, 1.165) is 5.56 Å². The number of sulfonamides is 1. The SMILES string of the molecule is Cc1ccc(N(C)C)c(S(=O)(=O)Nc2onc(C)c2Br)c1. The Bertz CT molecular complexity index is 769. The number of nitrogens with zero attached hydrogens (tertiary/aromatic N) is 2. The molecule has 1 heterocycles. The fourth-order valence-electron chi connectivity index (χ4n) is 1.81. The minimum atomic E-state index is -3.78. The fourth-order valence-corrected chi connectivity index (χ4v) is 3.54. The maximum Gasteiger partial charge on any atom is 0.266 e. The third kappa shape index (κ3) is 3.21. The molecular formula is C13H16BrN3O3S. The van der Waals surface area contributed by atoms with E-state index in [1.54, 1.807) is 38.1 Å². The lowest BCUT2D eigenvalue weighted by Crippen LogP contribution is -2.19. The van der Waals surface area contributed by atoms with Crippen LogP contribution in [0.4, 0.5) is 11.6 Å². The van der Waals surface area contributed by atoms with Crippen molar-refractivity contribution in [2.24, 2.45) is 0 Å². The Morgan fingerprint density at radius 3 is 2.48 bits per heavy atom. The van der Waals surface area contributed by atoms with Crippen LogP contribution < -0.4 is 9.62 Å². The van der Waals surface area contributed by atoms with Gasteiger partial charge in [-0.2, -0.15) is 0 Å². The molecule has 0 aliphatic carbocycles. The first-order valence-electron chi connectivity index (χ1n) is 6.15. The van der Waals surface area contributed by atoms with Gasteiger partial charge < -0.3 is 9.42 Å². The molecule has 1 N–H and O–H groups in total. The summed E-state index contributed by atoms with van der Waals surface area (Å²) in [5.41, 5.74) is 2.03. The van der Waals surface area contributed by atoms with E-state index >= 15 is 0 Å². The number of nitrogens with one attached hydrogen (secondary N) is 1. The summed E-state index contributed by atoms with van der Waals surface area (Å²) in [5, 5.41) is 3.71. The summed E-state index contributed by atoms with van der Waals surface area (Å²) < 4.78 is 33.1. The molecule has 0 aliphatic rings. The number of hydrogen-bond acceptors (Lipinski definition) is 5. The molecule has 8 heteroatoms. The Kier molecular flexibility index (Phi) is 4.29. The van der Waals surface area contributed by atoms with Gasteiger partial charge in [-0.3, -0.25) is 0 Å². The van der Waals surface area contributed by atoms with Crippen LogP contribution in [0.1, 0.15) is 11.3 Å². The van der Waals surface area contributed by atoms with Crippen LogP contribution in [0.25, 0.3) is 0 Å². The normalized spacial score (nSPS) is 11.5. The van der Waals surface area contributed by atoms with Crippen molar-refractivity contribution in [3.8, 4) is 0 Å². The lowest BCUT2D eigenvalue weighted by molar-refractivity contribution is 0.430. The van der Waals surface area contributed by atoms with Crippen LogP contribution in [0.2, 0.25) is 0 Å². The van der Waals surface area contributed by atoms with Gasteiger partial charge in [0, 0.05) is 14.1 Å². The number of rotatable bonds is 4. The van der Waals surface area contributed by atoms with Gasteiger partial charge >= 0.3 is 0 Å². The van der Waals surface area contributed by atoms with E-state index in [4.69, 9.17) is 4.52 Å². The van der Waals surface area contributed by atoms with Crippen LogP contribution in [0.5, 0.6) is 0 Å². The van der Waals surface area contributed by atoms with Gasteiger partial charge in [0.2, 0.25) is 0 Å². The highest BCUT2D eigenvalue weighted by atomic mass is 79.9. The molecule has 21 heavy (non-hydrogen) atoms. The van der Waals surface area contributed by atoms with Gasteiger partial charge in [-0.25, -0.2) is 13.1 Å². The van der Waals surface area contributed by atoms with Gasteiger partial charge in [0.1, 0.15) is 9.37 Å². The van der Waals surface area contributed by atoms with Crippen LogP contribution >= 0.6 is 15.9 Å². The number of benzene rings is 1. The quantitative estimate of drug-likeness (QED) is 0.891. The smallest absolute Gasteiger partial charge is 0.266 e. The summed E-state index contributed by atoms with van der Waals surface area (Å²) >= 11 is 3.24. The summed E-state index contributed by atoms with van der Waals surface area (Å²) in [5.74, 6) is 0.0683. The predicted octanol–water partition coefficient (Wildman–Crippen LogP) is 2.92. The lowest BCUT2D eigenvalue weighted by atomic mass is 10.2. The van der Waals surface area contributed by atoms with Crippen molar-refractivity contribution >= 4 is 37.5 Å². The van der Waals surface area contributed by atoms with Crippen molar-refractivity contribution in [3.05, 3.63) is 33.9 Å². The highest BCUT2D eigenvalue weighted by molar-refractivity contribution is 9.10. The molecule has 1 aromatic heterocycles. The Hall–Kier alpha value is -1.54. The van der Waals surface area contributed by atoms with Gasteiger partial charge in [0.15, 0.2) is 0 Å². The number of aromatic nitrogens is 1. The van der Waals surface area contributed by atoms with Gasteiger partial charge in [-0.1, -0.05) is 11.2 Å². The number of halogens is 1. The third-order valence-corrected chi connectivity index (χ3v) is 5.20. The number of hydrogen-bond donors (Lipinski definition) is 1. The first kappa shape index (κ1) is 15.8. The van der Waals surface area contributed by atoms with Crippen molar-refractivity contribution in [3.63, 3.8) is 0 Å². The van der Waals surface area contributed by atoms with Crippen molar-refractivity contribution in [1.29, 1.82) is 0 Å². The molecule has 2 aromatic rings. The molecule has 0 unspecified atom stereocenters. The molecule has 0 fully saturated rings. The van der Waals surface area contributed by atoms with E-state index < -0.39 is 10.0 Å². The Morgan fingerprint density at radius 2 is 1.95 bits per heavy atom. The number of aryl methyl sites for hydroxylation is 2. The zero-order valence-corrected chi connectivity index (χ0v) is 14.5. The topological polar surface area (TPSA) is 75.4 Å². The van der Waals surface area contributed by atoms with E-state index in [1.165, 1.54) is 0 Å². The Labute approximate surface area is 132 Å². The summed E-state index contributed by atoms with van der Waals surface area (Å²) in [6.07, 6.45) is 0. The molecule has 6 nitrogen and oxygen atoms in total. The Balaban J connectivity index is 2.49. The second-order valence-corrected chi connectivity index (χ2v) is 7.33. The molecule has 1 aromatic carbocycles. The molecule has 0 spiro atoms. The van der Waals surface area contributed by atoms with Crippen LogP contribution in [0.15, 0.2) is 32.1 Å². The standard InChI is InChI=1S/C13H16BrN3O3S/c1-8-5-6-10(17(3)4)11(7-8)21(18,19)16-13-12(14)9(2)15-20-13/h5-7,16H,1-4H3. The first-order valence-corrected chi connectivity index (χ1v) is 8.42. The van der Waals surface area contributed by atoms with E-state index in [0.29, 0.717) is 15.9 Å². The summed E-state index contributed by atoms with van der Waals surface area (Å²) in [6, 6.07) is 5.25. The van der Waals surface area contributed by atoms with Gasteiger partial charge in [0.25, 0.3) is 15.9 Å². The van der Waals surface area contributed by atoms with Gasteiger partial charge in [-0.05, 0) is 47.5 Å². The van der Waals surface area contributed by atoms with E-state index in [1.807, 2.05) is 13.0 Å². The Morgan fingerprint density at radius 1 is 1.29 bits per heavy atom. The van der Waals surface area contributed by atoms with Crippen LogP contribution in [0, 0.1) is 13.8 Å². The average molecular weight is 374 g/mol. The summed E-state index contributed by atoms with van der Waals surface area (Å²) in [6.45, 7) is 3.55. The molecule has 0 saturated heterocycles. The van der Waals surface area contributed by atoms with Gasteiger partial charge in [0.05, 0.1) is 11.4 Å². The maximum absolute atomic E-state index is 12.6. The predicted molar refractivity (Wildman–Crippen MR) is 85.3 cm³/mol. The zero-order valence-electron chi connectivity index (χ0n) is 12.1. The molecule has 0 atom stereocenters. The second-order valence-electron chi connectivity index (χ2n) is 4.88. The minimum Gasteiger partial charge on any atom is -0.377 e. The van der Waals surface area contributed by atoms with Crippen LogP contribution in [-0.4, -0.2) is 27.7 Å². The van der Waals surface area contributed by atoms with Crippen molar-refractivity contribution < 1.29 is 12.9 Å². The summed E-state index contributed by atoms with van der Waals surface area (Å²) in [4.78, 5) is 1.93. The molecule has 0 radical (unpaired) electrons. The van der Waals surface area contributed by atoms with E-state index in [9.17, 15) is 8.42 Å². The fraction of sp³-hybridized carbons (Fsp3) is 0.308. The third-order valence-electron chi connectivity index (χ3n) is 2.90. The van der Waals surface area contributed by atoms with Crippen LogP contribution in [0.3, 0.4) is 0 Å². The van der Waals surface area contributed by atoms with Crippen LogP contribution in [-0.2, 0) is 10.0 Å². The lowest BCUT2D eigenvalue weighted by Gasteiger charge is -2.18. The van der Waals surface area contributed by atoms with Crippen molar-refractivity contribution in [2.75, 3.05) is 23.7 Å². The molecular weight excluding hydrogens is 358 g/mol. The minimum absolute atomic E-state index is 0.0683. The van der Waals surface area contributed by atoms with E-state index in [-0.39, 0.29) is 10.8 Å². The van der Waals surface area contributed by atoms with Crippen molar-refractivity contribution in [2.45, 2.75) is 18.7 Å². The molecule has 2 rings (SSSR count). The van der Waals surface area contributed by atoms with Crippen molar-refractivity contribution in [1.82, 2.24) is 5.16 Å². The second kappa shape index (κ2) is 5.69. The molecule has 0 saturated carbocycles. The highest BCUT2D eigenvalue weighted by Gasteiger charge is 2.23. The molecule has 0 amide bonds. The highest BCUT2D eigenvalue weighted by Crippen LogP contribution is 2.31. The molecule has 0 aliphatic heterocycles. The first-order chi connectivity index (χ1) is 9.72. The zero-order chi connectivity index (χ0) is 15.8. The van der Waals surface area contributed by atoms with E-state index in [2.05, 4.69) is 25.8 Å².